The van der Waals surface area contributed by atoms with E-state index >= 15 is 0 Å². The molecule has 10 nitrogen and oxygen atoms in total. The number of para-hydroxylation sites is 1. The van der Waals surface area contributed by atoms with Gasteiger partial charge in [-0.2, -0.15) is 5.10 Å². The Hall–Kier alpha value is -5.88. The average Bonchev–Trinajstić information content (AvgIpc) is 3.48. The largest absolute Gasteiger partial charge is 0.493 e. The Balaban J connectivity index is 1.35. The number of hydrogen-bond donors (Lipinski definition) is 1. The van der Waals surface area contributed by atoms with Crippen LogP contribution in [-0.2, 0) is 4.79 Å². The quantitative estimate of drug-likeness (QED) is 0.104. The van der Waals surface area contributed by atoms with E-state index in [0.29, 0.717) is 58.7 Å². The molecule has 0 aliphatic rings. The molecular formula is C36H33F2N7O3. The zero-order chi connectivity index (χ0) is 33.6. The predicted octanol–water partition coefficient (Wildman–Crippen LogP) is 7.11. The van der Waals surface area contributed by atoms with Crippen molar-refractivity contribution in [1.29, 1.82) is 0 Å². The number of nitrogens with one attached hydrogen (secondary N) is 1. The monoisotopic (exact) mass is 649 g/mol. The van der Waals surface area contributed by atoms with Crippen LogP contribution in [0.25, 0.3) is 28.0 Å². The first-order valence-corrected chi connectivity index (χ1v) is 15.2. The molecule has 48 heavy (non-hydrogen) atoms. The fourth-order valence-electron chi connectivity index (χ4n) is 5.34. The second kappa shape index (κ2) is 14.3. The van der Waals surface area contributed by atoms with Gasteiger partial charge in [-0.1, -0.05) is 24.3 Å². The van der Waals surface area contributed by atoms with Crippen molar-refractivity contribution < 1.29 is 23.0 Å². The standard InChI is InChI=1S/C36H33F2N7O3/c1-43(2)18-8-20-48-32-22-25(14-15-31(32)47-3)40-36-39-17-16-29(41-36)33-30-13-4-5-19-45(30)42-34(33)24-9-6-10-26(21-24)44(23-46)35-27(37)11-7-12-28(35)38/h4-7,9-17,19,21-23H,8,18,20H2,1-3H3,(H,39,40,41). The van der Waals surface area contributed by atoms with Crippen LogP contribution < -0.4 is 19.7 Å². The Morgan fingerprint density at radius 2 is 1.75 bits per heavy atom. The number of amides is 1. The first-order valence-electron chi connectivity index (χ1n) is 15.2. The van der Waals surface area contributed by atoms with E-state index in [2.05, 4.69) is 15.2 Å². The van der Waals surface area contributed by atoms with Gasteiger partial charge >= 0.3 is 0 Å². The Labute approximate surface area is 276 Å². The summed E-state index contributed by atoms with van der Waals surface area (Å²) in [5.74, 6) is -0.164. The van der Waals surface area contributed by atoms with Gasteiger partial charge in [0.1, 0.15) is 23.0 Å². The van der Waals surface area contributed by atoms with Crippen LogP contribution in [0, 0.1) is 11.6 Å². The number of nitrogens with zero attached hydrogens (tertiary/aromatic N) is 6. The van der Waals surface area contributed by atoms with Gasteiger partial charge in [-0.25, -0.2) is 23.3 Å². The van der Waals surface area contributed by atoms with E-state index in [0.717, 1.165) is 35.5 Å². The summed E-state index contributed by atoms with van der Waals surface area (Å²) in [7, 11) is 5.63. The second-order valence-electron chi connectivity index (χ2n) is 11.1. The van der Waals surface area contributed by atoms with Crippen molar-refractivity contribution in [2.45, 2.75) is 6.42 Å². The Kier molecular flexibility index (Phi) is 9.53. The van der Waals surface area contributed by atoms with Crippen LogP contribution in [0.2, 0.25) is 0 Å². The minimum absolute atomic E-state index is 0.263. The van der Waals surface area contributed by atoms with Gasteiger partial charge in [0, 0.05) is 41.9 Å². The van der Waals surface area contributed by atoms with Crippen molar-refractivity contribution >= 4 is 34.9 Å². The lowest BCUT2D eigenvalue weighted by Gasteiger charge is -2.19. The number of aromatic nitrogens is 4. The third-order valence-electron chi connectivity index (χ3n) is 7.56. The lowest BCUT2D eigenvalue weighted by Crippen LogP contribution is -2.17. The van der Waals surface area contributed by atoms with Crippen LogP contribution in [0.4, 0.5) is 31.8 Å². The van der Waals surface area contributed by atoms with Crippen LogP contribution in [0.15, 0.2) is 97.3 Å². The lowest BCUT2D eigenvalue weighted by molar-refractivity contribution is -0.106. The molecule has 3 aromatic carbocycles. The molecule has 0 radical (unpaired) electrons. The predicted molar refractivity (Wildman–Crippen MR) is 181 cm³/mol. The minimum atomic E-state index is -0.859. The summed E-state index contributed by atoms with van der Waals surface area (Å²) in [4.78, 5) is 24.5. The van der Waals surface area contributed by atoms with Crippen molar-refractivity contribution in [3.63, 3.8) is 0 Å². The summed E-state index contributed by atoms with van der Waals surface area (Å²) in [6, 6.07) is 23.2. The molecule has 0 fully saturated rings. The molecule has 6 aromatic rings. The number of carbonyl (C=O) groups is 1. The zero-order valence-electron chi connectivity index (χ0n) is 26.6. The van der Waals surface area contributed by atoms with E-state index in [1.807, 2.05) is 62.8 Å². The van der Waals surface area contributed by atoms with Gasteiger partial charge in [0.05, 0.1) is 30.5 Å². The molecule has 0 saturated carbocycles. The molecule has 1 N–H and O–H groups in total. The summed E-state index contributed by atoms with van der Waals surface area (Å²) < 4.78 is 42.6. The van der Waals surface area contributed by atoms with Crippen LogP contribution in [0.3, 0.4) is 0 Å². The normalized spacial score (nSPS) is 11.1. The Bertz CT molecular complexity index is 2050. The SMILES string of the molecule is COc1ccc(Nc2nccc(-c3c(-c4cccc(N(C=O)c5c(F)cccc5F)c4)nn4ccccc34)n2)cc1OCCCN(C)C. The topological polar surface area (TPSA) is 97.1 Å². The minimum Gasteiger partial charge on any atom is -0.493 e. The molecule has 244 valence electrons. The summed E-state index contributed by atoms with van der Waals surface area (Å²) in [6.45, 7) is 1.43. The second-order valence-corrected chi connectivity index (χ2v) is 11.1. The number of halogens is 2. The zero-order valence-corrected chi connectivity index (χ0v) is 26.6. The average molecular weight is 650 g/mol. The number of fused-ring (bicyclic) bond motifs is 1. The molecular weight excluding hydrogens is 616 g/mol. The van der Waals surface area contributed by atoms with Crippen LogP contribution in [0.5, 0.6) is 11.5 Å². The van der Waals surface area contributed by atoms with Crippen LogP contribution in [-0.4, -0.2) is 65.2 Å². The fraction of sp³-hybridized carbons (Fsp3) is 0.167. The number of pyridine rings is 1. The highest BCUT2D eigenvalue weighted by molar-refractivity contribution is 5.93. The number of benzene rings is 3. The molecule has 6 rings (SSSR count). The van der Waals surface area contributed by atoms with E-state index in [4.69, 9.17) is 19.6 Å². The van der Waals surface area contributed by atoms with Crippen molar-refractivity contribution in [2.75, 3.05) is 44.6 Å². The third-order valence-corrected chi connectivity index (χ3v) is 7.56. The molecule has 0 aliphatic carbocycles. The number of ether oxygens (including phenoxy) is 2. The van der Waals surface area contributed by atoms with Gasteiger partial charge in [-0.15, -0.1) is 0 Å². The highest BCUT2D eigenvalue weighted by Crippen LogP contribution is 2.38. The van der Waals surface area contributed by atoms with E-state index in [-0.39, 0.29) is 5.69 Å². The maximum absolute atomic E-state index is 14.7. The van der Waals surface area contributed by atoms with Gasteiger partial charge in [0.2, 0.25) is 12.4 Å². The maximum atomic E-state index is 14.7. The van der Waals surface area contributed by atoms with Gasteiger partial charge in [-0.05, 0) is 75.1 Å². The van der Waals surface area contributed by atoms with Crippen molar-refractivity contribution in [3.05, 3.63) is 109 Å². The van der Waals surface area contributed by atoms with Gasteiger partial charge < -0.3 is 19.7 Å². The number of methoxy groups -OCH3 is 1. The number of carbonyl (C=O) groups excluding carboxylic acids is 1. The van der Waals surface area contributed by atoms with E-state index < -0.39 is 17.3 Å². The molecule has 3 heterocycles. The molecule has 0 spiro atoms. The fourth-order valence-corrected chi connectivity index (χ4v) is 5.34. The molecule has 3 aromatic heterocycles. The molecule has 0 atom stereocenters. The number of rotatable bonds is 13. The molecule has 0 unspecified atom stereocenters. The molecule has 1 amide bonds. The Morgan fingerprint density at radius 1 is 0.938 bits per heavy atom. The third kappa shape index (κ3) is 6.79. The first kappa shape index (κ1) is 32.1. The van der Waals surface area contributed by atoms with E-state index in [1.54, 1.807) is 42.1 Å². The van der Waals surface area contributed by atoms with Gasteiger partial charge in [0.25, 0.3) is 0 Å². The smallest absolute Gasteiger partial charge is 0.227 e. The summed E-state index contributed by atoms with van der Waals surface area (Å²) in [5, 5.41) is 8.10. The summed E-state index contributed by atoms with van der Waals surface area (Å²) in [5.41, 5.74) is 3.71. The van der Waals surface area contributed by atoms with Crippen LogP contribution >= 0.6 is 0 Å². The van der Waals surface area contributed by atoms with E-state index in [1.165, 1.54) is 6.07 Å². The summed E-state index contributed by atoms with van der Waals surface area (Å²) >= 11 is 0. The molecule has 0 aliphatic heterocycles. The number of hydrogen-bond acceptors (Lipinski definition) is 8. The maximum Gasteiger partial charge on any atom is 0.227 e. The highest BCUT2D eigenvalue weighted by atomic mass is 19.1. The lowest BCUT2D eigenvalue weighted by atomic mass is 10.0. The summed E-state index contributed by atoms with van der Waals surface area (Å²) in [6.07, 6.45) is 4.70. The highest BCUT2D eigenvalue weighted by Gasteiger charge is 2.22. The Morgan fingerprint density at radius 3 is 2.52 bits per heavy atom. The van der Waals surface area contributed by atoms with Crippen LogP contribution in [0.1, 0.15) is 6.42 Å². The van der Waals surface area contributed by atoms with Gasteiger partial charge in [0.15, 0.2) is 11.5 Å². The molecule has 12 heteroatoms. The van der Waals surface area contributed by atoms with Crippen molar-refractivity contribution in [3.8, 4) is 34.0 Å². The van der Waals surface area contributed by atoms with Crippen molar-refractivity contribution in [1.82, 2.24) is 24.5 Å². The number of anilines is 4. The molecule has 0 bridgehead atoms. The first-order chi connectivity index (χ1) is 23.4. The van der Waals surface area contributed by atoms with Crippen molar-refractivity contribution in [2.24, 2.45) is 0 Å². The molecule has 0 saturated heterocycles. The van der Waals surface area contributed by atoms with E-state index in [9.17, 15) is 13.6 Å². The van der Waals surface area contributed by atoms with Gasteiger partial charge in [-0.3, -0.25) is 9.69 Å².